The molecule has 4 nitrogen and oxygen atoms in total. The Hall–Kier alpha value is -1.39. The molecule has 1 saturated heterocycles. The third-order valence-corrected chi connectivity index (χ3v) is 4.47. The summed E-state index contributed by atoms with van der Waals surface area (Å²) in [5.74, 6) is 0.129. The first-order valence-electron chi connectivity index (χ1n) is 7.56. The molecule has 3 rings (SSSR count). The third-order valence-electron chi connectivity index (χ3n) is 4.47. The van der Waals surface area contributed by atoms with Gasteiger partial charge in [-0.2, -0.15) is 0 Å². The fourth-order valence-corrected chi connectivity index (χ4v) is 3.25. The van der Waals surface area contributed by atoms with Crippen LogP contribution in [0.15, 0.2) is 18.2 Å². The molecule has 2 aliphatic rings. The van der Waals surface area contributed by atoms with E-state index in [0.29, 0.717) is 6.04 Å². The number of piperidine rings is 1. The fraction of sp³-hybridized carbons (Fsp3) is 0.562. The molecule has 0 spiro atoms. The molecule has 3 N–H and O–H groups in total. The van der Waals surface area contributed by atoms with Gasteiger partial charge in [0.15, 0.2) is 0 Å². The molecule has 0 aliphatic carbocycles. The smallest absolute Gasteiger partial charge is 0.229 e. The lowest BCUT2D eigenvalue weighted by atomic mass is 9.87. The Morgan fingerprint density at radius 3 is 2.85 bits per heavy atom. The minimum atomic E-state index is -0.0477. The minimum absolute atomic E-state index is 0.0477. The first-order valence-corrected chi connectivity index (χ1v) is 7.56. The molecule has 0 bridgehead atoms. The predicted molar refractivity (Wildman–Crippen MR) is 79.7 cm³/mol. The highest BCUT2D eigenvalue weighted by atomic mass is 16.2. The molecule has 2 aliphatic heterocycles. The Morgan fingerprint density at radius 1 is 1.25 bits per heavy atom. The van der Waals surface area contributed by atoms with E-state index >= 15 is 0 Å². The van der Waals surface area contributed by atoms with E-state index in [9.17, 15) is 4.79 Å². The summed E-state index contributed by atoms with van der Waals surface area (Å²) in [6.07, 6.45) is 2.07. The molecule has 108 valence electrons. The maximum Gasteiger partial charge on any atom is 0.229 e. The molecular formula is C16H23N3O. The van der Waals surface area contributed by atoms with Crippen LogP contribution < -0.4 is 16.0 Å². The normalized spacial score (nSPS) is 23.1. The van der Waals surface area contributed by atoms with Gasteiger partial charge < -0.3 is 16.0 Å². The maximum atomic E-state index is 12.6. The summed E-state index contributed by atoms with van der Waals surface area (Å²) in [4.78, 5) is 12.6. The van der Waals surface area contributed by atoms with Gasteiger partial charge in [0.1, 0.15) is 0 Å². The summed E-state index contributed by atoms with van der Waals surface area (Å²) in [6, 6.07) is 6.62. The molecule has 2 heterocycles. The average molecular weight is 273 g/mol. The number of aryl methyl sites for hydroxylation is 1. The molecule has 1 fully saturated rings. The van der Waals surface area contributed by atoms with Crippen LogP contribution in [0, 0.1) is 6.92 Å². The summed E-state index contributed by atoms with van der Waals surface area (Å²) in [6.45, 7) is 5.74. The number of carbonyl (C=O) groups is 1. The molecule has 1 amide bonds. The second kappa shape index (κ2) is 5.94. The zero-order valence-corrected chi connectivity index (χ0v) is 12.0. The van der Waals surface area contributed by atoms with Crippen molar-refractivity contribution < 1.29 is 4.79 Å². The lowest BCUT2D eigenvalue weighted by Gasteiger charge is -2.30. The lowest BCUT2D eigenvalue weighted by molar-refractivity contribution is -0.123. The number of hydrogen-bond acceptors (Lipinski definition) is 3. The summed E-state index contributed by atoms with van der Waals surface area (Å²) >= 11 is 0. The molecule has 20 heavy (non-hydrogen) atoms. The molecule has 1 atom stereocenters. The van der Waals surface area contributed by atoms with Crippen molar-refractivity contribution in [2.24, 2.45) is 0 Å². The van der Waals surface area contributed by atoms with Gasteiger partial charge in [-0.05, 0) is 49.5 Å². The van der Waals surface area contributed by atoms with Gasteiger partial charge in [0.2, 0.25) is 5.91 Å². The fourth-order valence-electron chi connectivity index (χ4n) is 3.25. The first-order chi connectivity index (χ1) is 9.75. The Balaban J connectivity index is 1.74. The molecule has 1 aromatic carbocycles. The van der Waals surface area contributed by atoms with Gasteiger partial charge in [-0.1, -0.05) is 18.2 Å². The van der Waals surface area contributed by atoms with Crippen molar-refractivity contribution in [2.45, 2.75) is 38.3 Å². The van der Waals surface area contributed by atoms with Gasteiger partial charge in [-0.3, -0.25) is 4.79 Å². The highest BCUT2D eigenvalue weighted by Crippen LogP contribution is 2.26. The number of benzene rings is 1. The van der Waals surface area contributed by atoms with Crippen LogP contribution in [0.2, 0.25) is 0 Å². The number of carbonyl (C=O) groups excluding carboxylic acids is 1. The molecule has 1 unspecified atom stereocenters. The van der Waals surface area contributed by atoms with E-state index in [1.807, 2.05) is 0 Å². The quantitative estimate of drug-likeness (QED) is 0.755. The minimum Gasteiger partial charge on any atom is -0.353 e. The van der Waals surface area contributed by atoms with E-state index in [1.54, 1.807) is 0 Å². The van der Waals surface area contributed by atoms with E-state index in [4.69, 9.17) is 0 Å². The number of rotatable bonds is 2. The van der Waals surface area contributed by atoms with Crippen LogP contribution >= 0.6 is 0 Å². The van der Waals surface area contributed by atoms with Gasteiger partial charge in [0.05, 0.1) is 5.92 Å². The number of hydrogen-bond donors (Lipinski definition) is 3. The molecule has 0 saturated carbocycles. The Morgan fingerprint density at radius 2 is 2.05 bits per heavy atom. The Bertz CT molecular complexity index is 494. The van der Waals surface area contributed by atoms with Crippen LogP contribution in [0.3, 0.4) is 0 Å². The first kappa shape index (κ1) is 13.6. The van der Waals surface area contributed by atoms with E-state index in [-0.39, 0.29) is 11.8 Å². The molecule has 1 aromatic rings. The van der Waals surface area contributed by atoms with Gasteiger partial charge in [-0.25, -0.2) is 0 Å². The van der Waals surface area contributed by atoms with Crippen molar-refractivity contribution in [3.63, 3.8) is 0 Å². The Labute approximate surface area is 120 Å². The largest absolute Gasteiger partial charge is 0.353 e. The van der Waals surface area contributed by atoms with Crippen LogP contribution in [0.25, 0.3) is 0 Å². The van der Waals surface area contributed by atoms with Crippen LogP contribution in [-0.4, -0.2) is 31.6 Å². The van der Waals surface area contributed by atoms with Crippen molar-refractivity contribution in [3.05, 3.63) is 34.9 Å². The van der Waals surface area contributed by atoms with Crippen molar-refractivity contribution in [3.8, 4) is 0 Å². The highest BCUT2D eigenvalue weighted by Gasteiger charge is 2.28. The van der Waals surface area contributed by atoms with E-state index in [1.165, 1.54) is 16.7 Å². The van der Waals surface area contributed by atoms with E-state index in [0.717, 1.165) is 39.0 Å². The average Bonchev–Trinajstić information content (AvgIpc) is 2.48. The number of nitrogens with one attached hydrogen (secondary N) is 3. The van der Waals surface area contributed by atoms with Gasteiger partial charge in [0.25, 0.3) is 0 Å². The molecule has 4 heteroatoms. The highest BCUT2D eigenvalue weighted by molar-refractivity contribution is 5.85. The predicted octanol–water partition coefficient (Wildman–Crippen LogP) is 1.05. The van der Waals surface area contributed by atoms with Crippen molar-refractivity contribution in [2.75, 3.05) is 19.6 Å². The monoisotopic (exact) mass is 273 g/mol. The topological polar surface area (TPSA) is 53.2 Å². The Kier molecular flexibility index (Phi) is 4.03. The maximum absolute atomic E-state index is 12.6. The van der Waals surface area contributed by atoms with Gasteiger partial charge in [0, 0.05) is 19.1 Å². The third kappa shape index (κ3) is 2.72. The van der Waals surface area contributed by atoms with Gasteiger partial charge in [-0.15, -0.1) is 0 Å². The zero-order valence-electron chi connectivity index (χ0n) is 12.0. The SMILES string of the molecule is Cc1cccc2c1CNCC2C(=O)NC1CCNCC1. The van der Waals surface area contributed by atoms with Crippen LogP contribution in [0.4, 0.5) is 0 Å². The number of amides is 1. The standard InChI is InChI=1S/C16H23N3O/c1-11-3-2-4-13-14(11)9-18-10-15(13)16(20)19-12-5-7-17-8-6-12/h2-4,12,15,17-18H,5-10H2,1H3,(H,19,20). The van der Waals surface area contributed by atoms with E-state index in [2.05, 4.69) is 41.1 Å². The summed E-state index contributed by atoms with van der Waals surface area (Å²) in [5, 5.41) is 9.93. The molecule has 0 aromatic heterocycles. The summed E-state index contributed by atoms with van der Waals surface area (Å²) in [7, 11) is 0. The van der Waals surface area contributed by atoms with Crippen molar-refractivity contribution >= 4 is 5.91 Å². The van der Waals surface area contributed by atoms with Crippen LogP contribution in [-0.2, 0) is 11.3 Å². The second-order valence-corrected chi connectivity index (χ2v) is 5.86. The molecular weight excluding hydrogens is 250 g/mol. The van der Waals surface area contributed by atoms with Crippen molar-refractivity contribution in [1.29, 1.82) is 0 Å². The van der Waals surface area contributed by atoms with Crippen molar-refractivity contribution in [1.82, 2.24) is 16.0 Å². The molecule has 0 radical (unpaired) electrons. The summed E-state index contributed by atoms with van der Waals surface area (Å²) < 4.78 is 0. The van der Waals surface area contributed by atoms with Crippen LogP contribution in [0.1, 0.15) is 35.4 Å². The second-order valence-electron chi connectivity index (χ2n) is 5.86. The number of fused-ring (bicyclic) bond motifs is 1. The van der Waals surface area contributed by atoms with Gasteiger partial charge >= 0.3 is 0 Å². The van der Waals surface area contributed by atoms with Crippen LogP contribution in [0.5, 0.6) is 0 Å². The summed E-state index contributed by atoms with van der Waals surface area (Å²) in [5.41, 5.74) is 3.77. The van der Waals surface area contributed by atoms with E-state index < -0.39 is 0 Å². The zero-order chi connectivity index (χ0) is 13.9. The lowest BCUT2D eigenvalue weighted by Crippen LogP contribution is -2.47.